The largest absolute Gasteiger partial charge is 0.454 e. The van der Waals surface area contributed by atoms with E-state index in [9.17, 15) is 18.8 Å². The molecule has 146 valence electrons. The van der Waals surface area contributed by atoms with Crippen LogP contribution in [0.4, 0.5) is 9.18 Å². The molecule has 2 N–H and O–H groups in total. The summed E-state index contributed by atoms with van der Waals surface area (Å²) >= 11 is 1.28. The maximum atomic E-state index is 13.1. The minimum atomic E-state index is -1.06. The van der Waals surface area contributed by atoms with Gasteiger partial charge in [-0.1, -0.05) is 24.3 Å². The van der Waals surface area contributed by atoms with Crippen LogP contribution in [0.25, 0.3) is 0 Å². The van der Waals surface area contributed by atoms with Gasteiger partial charge in [0, 0.05) is 10.6 Å². The normalized spacial score (nSPS) is 19.7. The Morgan fingerprint density at radius 3 is 2.50 bits per heavy atom. The predicted molar refractivity (Wildman–Crippen MR) is 102 cm³/mol. The number of rotatable bonds is 6. The Morgan fingerprint density at radius 2 is 1.86 bits per heavy atom. The topological polar surface area (TPSA) is 84.5 Å². The van der Waals surface area contributed by atoms with Gasteiger partial charge in [-0.15, -0.1) is 11.8 Å². The molecule has 0 bridgehead atoms. The molecule has 0 aliphatic carbocycles. The number of amides is 3. The first-order valence-corrected chi connectivity index (χ1v) is 9.59. The van der Waals surface area contributed by atoms with E-state index in [4.69, 9.17) is 4.74 Å². The molecule has 8 heteroatoms. The first-order chi connectivity index (χ1) is 13.3. The Morgan fingerprint density at radius 1 is 1.18 bits per heavy atom. The lowest BCUT2D eigenvalue weighted by molar-refractivity contribution is -0.122. The summed E-state index contributed by atoms with van der Waals surface area (Å²) in [7, 11) is 0. The average molecular weight is 402 g/mol. The lowest BCUT2D eigenvalue weighted by Crippen LogP contribution is -2.46. The molecule has 0 spiro atoms. The first kappa shape index (κ1) is 19.9. The van der Waals surface area contributed by atoms with Crippen LogP contribution in [0.5, 0.6) is 0 Å². The van der Waals surface area contributed by atoms with Crippen LogP contribution in [0.15, 0.2) is 53.4 Å². The van der Waals surface area contributed by atoms with Crippen LogP contribution in [0.3, 0.4) is 0 Å². The standard InChI is InChI=1S/C20H19FN2O4S/c1-12(13-7-9-14(21)10-8-13)27-17(24)15-5-3-4-6-16(15)28-11-20(2)18(25)22-19(26)23-20/h3-10,12H,11H2,1-2H3,(H2,22,23,25,26)/t12-,20+/m1/s1. The lowest BCUT2D eigenvalue weighted by atomic mass is 10.1. The number of nitrogens with one attached hydrogen (secondary N) is 2. The number of benzene rings is 2. The smallest absolute Gasteiger partial charge is 0.339 e. The van der Waals surface area contributed by atoms with Crippen LogP contribution in [0, 0.1) is 5.82 Å². The molecule has 0 aromatic heterocycles. The van der Waals surface area contributed by atoms with Crippen molar-refractivity contribution in [2.75, 3.05) is 5.75 Å². The highest BCUT2D eigenvalue weighted by Gasteiger charge is 2.42. The molecule has 6 nitrogen and oxygen atoms in total. The predicted octanol–water partition coefficient (Wildman–Crippen LogP) is 3.43. The van der Waals surface area contributed by atoms with Gasteiger partial charge in [-0.05, 0) is 43.7 Å². The van der Waals surface area contributed by atoms with Gasteiger partial charge in [0.25, 0.3) is 5.91 Å². The number of hydrogen-bond donors (Lipinski definition) is 2. The minimum Gasteiger partial charge on any atom is -0.454 e. The third kappa shape index (κ3) is 4.33. The Bertz CT molecular complexity index is 919. The maximum Gasteiger partial charge on any atom is 0.339 e. The van der Waals surface area contributed by atoms with Crippen molar-refractivity contribution in [3.8, 4) is 0 Å². The van der Waals surface area contributed by atoms with Crippen molar-refractivity contribution in [2.24, 2.45) is 0 Å². The molecule has 2 atom stereocenters. The summed E-state index contributed by atoms with van der Waals surface area (Å²) in [5.41, 5.74) is -0.0206. The first-order valence-electron chi connectivity index (χ1n) is 8.60. The fraction of sp³-hybridized carbons (Fsp3) is 0.250. The molecule has 1 heterocycles. The van der Waals surface area contributed by atoms with E-state index < -0.39 is 29.6 Å². The fourth-order valence-electron chi connectivity index (χ4n) is 2.69. The summed E-state index contributed by atoms with van der Waals surface area (Å²) in [4.78, 5) is 36.6. The summed E-state index contributed by atoms with van der Waals surface area (Å²) in [6.07, 6.45) is -0.552. The number of imide groups is 1. The third-order valence-electron chi connectivity index (χ3n) is 4.36. The van der Waals surface area contributed by atoms with Crippen LogP contribution in [-0.2, 0) is 9.53 Å². The van der Waals surface area contributed by atoms with E-state index in [1.807, 2.05) is 0 Å². The Labute approximate surface area is 165 Å². The number of carbonyl (C=O) groups excluding carboxylic acids is 3. The van der Waals surface area contributed by atoms with Gasteiger partial charge in [0.15, 0.2) is 0 Å². The van der Waals surface area contributed by atoms with Crippen molar-refractivity contribution >= 4 is 29.7 Å². The van der Waals surface area contributed by atoms with E-state index in [0.29, 0.717) is 16.0 Å². The van der Waals surface area contributed by atoms with E-state index in [0.717, 1.165) is 0 Å². The molecular weight excluding hydrogens is 383 g/mol. The van der Waals surface area contributed by atoms with Gasteiger partial charge in [0.05, 0.1) is 5.56 Å². The molecule has 3 rings (SSSR count). The monoisotopic (exact) mass is 402 g/mol. The summed E-state index contributed by atoms with van der Waals surface area (Å²) in [5, 5.41) is 4.80. The van der Waals surface area contributed by atoms with Crippen LogP contribution in [-0.4, -0.2) is 29.2 Å². The summed E-state index contributed by atoms with van der Waals surface area (Å²) in [6.45, 7) is 3.33. The Balaban J connectivity index is 1.71. The molecule has 3 amide bonds. The summed E-state index contributed by atoms with van der Waals surface area (Å²) in [5.74, 6) is -1.04. The molecule has 1 aliphatic rings. The molecule has 2 aromatic carbocycles. The van der Waals surface area contributed by atoms with Gasteiger partial charge in [-0.25, -0.2) is 14.0 Å². The van der Waals surface area contributed by atoms with Gasteiger partial charge in [-0.2, -0.15) is 0 Å². The number of halogens is 1. The number of carbonyl (C=O) groups is 3. The van der Waals surface area contributed by atoms with Crippen LogP contribution in [0.1, 0.15) is 35.9 Å². The van der Waals surface area contributed by atoms with Crippen molar-refractivity contribution in [1.82, 2.24) is 10.6 Å². The summed E-state index contributed by atoms with van der Waals surface area (Å²) in [6, 6.07) is 12.1. The molecule has 28 heavy (non-hydrogen) atoms. The van der Waals surface area contributed by atoms with Crippen LogP contribution >= 0.6 is 11.8 Å². The van der Waals surface area contributed by atoms with Crippen molar-refractivity contribution in [3.05, 3.63) is 65.5 Å². The van der Waals surface area contributed by atoms with Gasteiger partial charge < -0.3 is 10.1 Å². The summed E-state index contributed by atoms with van der Waals surface area (Å²) < 4.78 is 18.6. The number of ether oxygens (including phenoxy) is 1. The average Bonchev–Trinajstić information content (AvgIpc) is 2.92. The van der Waals surface area contributed by atoms with Gasteiger partial charge in [-0.3, -0.25) is 10.1 Å². The fourth-order valence-corrected chi connectivity index (χ4v) is 3.82. The van der Waals surface area contributed by atoms with E-state index >= 15 is 0 Å². The Hall–Kier alpha value is -2.87. The number of thioether (sulfide) groups is 1. The van der Waals surface area contributed by atoms with Gasteiger partial charge in [0.1, 0.15) is 17.5 Å². The number of hydrogen-bond acceptors (Lipinski definition) is 5. The van der Waals surface area contributed by atoms with Crippen molar-refractivity contribution in [3.63, 3.8) is 0 Å². The molecule has 0 unspecified atom stereocenters. The number of esters is 1. The highest BCUT2D eigenvalue weighted by atomic mass is 32.2. The van der Waals surface area contributed by atoms with Gasteiger partial charge >= 0.3 is 12.0 Å². The van der Waals surface area contributed by atoms with E-state index in [1.165, 1.54) is 23.9 Å². The molecule has 2 aromatic rings. The number of urea groups is 1. The lowest BCUT2D eigenvalue weighted by Gasteiger charge is -2.20. The second-order valence-electron chi connectivity index (χ2n) is 6.62. The van der Waals surface area contributed by atoms with Gasteiger partial charge in [0.2, 0.25) is 0 Å². The zero-order valence-electron chi connectivity index (χ0n) is 15.3. The van der Waals surface area contributed by atoms with E-state index in [-0.39, 0.29) is 11.6 Å². The highest BCUT2D eigenvalue weighted by molar-refractivity contribution is 7.99. The van der Waals surface area contributed by atoms with E-state index in [2.05, 4.69) is 10.6 Å². The van der Waals surface area contributed by atoms with Crippen molar-refractivity contribution < 1.29 is 23.5 Å². The van der Waals surface area contributed by atoms with Crippen molar-refractivity contribution in [2.45, 2.75) is 30.4 Å². The Kier molecular flexibility index (Phi) is 5.69. The quantitative estimate of drug-likeness (QED) is 0.439. The second kappa shape index (κ2) is 8.02. The molecule has 0 radical (unpaired) electrons. The zero-order valence-corrected chi connectivity index (χ0v) is 16.1. The molecular formula is C20H19FN2O4S. The SMILES string of the molecule is C[C@@H](OC(=O)c1ccccc1SC[C@]1(C)NC(=O)NC1=O)c1ccc(F)cc1. The van der Waals surface area contributed by atoms with E-state index in [1.54, 1.807) is 50.2 Å². The van der Waals surface area contributed by atoms with Crippen LogP contribution in [0.2, 0.25) is 0 Å². The molecule has 1 aliphatic heterocycles. The second-order valence-corrected chi connectivity index (χ2v) is 7.64. The molecule has 1 saturated heterocycles. The zero-order chi connectivity index (χ0) is 20.3. The van der Waals surface area contributed by atoms with Crippen molar-refractivity contribution in [1.29, 1.82) is 0 Å². The molecule has 0 saturated carbocycles. The maximum absolute atomic E-state index is 13.1. The van der Waals surface area contributed by atoms with Crippen LogP contribution < -0.4 is 10.6 Å². The minimum absolute atomic E-state index is 0.252. The molecule has 1 fully saturated rings. The third-order valence-corrected chi connectivity index (χ3v) is 5.75. The highest BCUT2D eigenvalue weighted by Crippen LogP contribution is 2.29.